The van der Waals surface area contributed by atoms with Gasteiger partial charge in [0.05, 0.1) is 0 Å². The Morgan fingerprint density at radius 3 is 2.29 bits per heavy atom. The lowest BCUT2D eigenvalue weighted by atomic mass is 10.1. The Bertz CT molecular complexity index is 493. The van der Waals surface area contributed by atoms with Crippen molar-refractivity contribution in [3.63, 3.8) is 0 Å². The van der Waals surface area contributed by atoms with Gasteiger partial charge in [-0.25, -0.2) is 13.2 Å². The van der Waals surface area contributed by atoms with Crippen LogP contribution < -0.4 is 5.73 Å². The van der Waals surface area contributed by atoms with Crippen molar-refractivity contribution in [2.75, 3.05) is 13.1 Å². The van der Waals surface area contributed by atoms with E-state index in [1.165, 1.54) is 0 Å². The molecule has 1 saturated carbocycles. The zero-order valence-electron chi connectivity index (χ0n) is 11.7. The highest BCUT2D eigenvalue weighted by atomic mass is 19.2. The molecule has 1 aromatic carbocycles. The van der Waals surface area contributed by atoms with Crippen LogP contribution in [0.1, 0.15) is 42.5 Å². The van der Waals surface area contributed by atoms with Gasteiger partial charge in [-0.2, -0.15) is 0 Å². The molecule has 0 heterocycles. The van der Waals surface area contributed by atoms with Crippen LogP contribution in [0.4, 0.5) is 13.2 Å². The molecule has 0 unspecified atom stereocenters. The minimum atomic E-state index is -1.55. The van der Waals surface area contributed by atoms with E-state index in [0.717, 1.165) is 37.8 Å². The van der Waals surface area contributed by atoms with E-state index < -0.39 is 23.4 Å². The first-order chi connectivity index (χ1) is 10.0. The van der Waals surface area contributed by atoms with Gasteiger partial charge in [0.2, 0.25) is 0 Å². The Kier molecular flexibility index (Phi) is 5.22. The molecule has 1 fully saturated rings. The van der Waals surface area contributed by atoms with Crippen molar-refractivity contribution in [3.05, 3.63) is 35.1 Å². The highest BCUT2D eigenvalue weighted by Gasteiger charge is 2.28. The summed E-state index contributed by atoms with van der Waals surface area (Å²) in [6, 6.07) is 1.58. The van der Waals surface area contributed by atoms with Crippen LogP contribution in [0.3, 0.4) is 0 Å². The van der Waals surface area contributed by atoms with Gasteiger partial charge in [0.1, 0.15) is 0 Å². The van der Waals surface area contributed by atoms with E-state index in [2.05, 4.69) is 0 Å². The van der Waals surface area contributed by atoms with Crippen LogP contribution in [0.2, 0.25) is 0 Å². The molecule has 0 spiro atoms. The van der Waals surface area contributed by atoms with E-state index in [1.54, 1.807) is 4.90 Å². The van der Waals surface area contributed by atoms with Crippen LogP contribution in [0.5, 0.6) is 0 Å². The average Bonchev–Trinajstić information content (AvgIpc) is 2.98. The number of hydrogen-bond donors (Lipinski definition) is 1. The molecular formula is C15H19F3N2O. The van der Waals surface area contributed by atoms with Crippen molar-refractivity contribution in [2.24, 2.45) is 5.73 Å². The van der Waals surface area contributed by atoms with Gasteiger partial charge >= 0.3 is 0 Å². The summed E-state index contributed by atoms with van der Waals surface area (Å²) in [6.07, 6.45) is 4.44. The summed E-state index contributed by atoms with van der Waals surface area (Å²) in [4.78, 5) is 14.1. The van der Waals surface area contributed by atoms with Crippen molar-refractivity contribution in [2.45, 2.75) is 38.1 Å². The Balaban J connectivity index is 2.24. The Morgan fingerprint density at radius 1 is 1.19 bits per heavy atom. The molecule has 1 aliphatic carbocycles. The van der Waals surface area contributed by atoms with Crippen molar-refractivity contribution < 1.29 is 18.0 Å². The molecule has 0 atom stereocenters. The molecule has 0 radical (unpaired) electrons. The number of rotatable bonds is 5. The SMILES string of the molecule is NCCCN(C(=O)c1cc(F)c(F)c(F)c1)C1CCCC1. The maximum absolute atomic E-state index is 13.3. The minimum Gasteiger partial charge on any atom is -0.336 e. The lowest BCUT2D eigenvalue weighted by molar-refractivity contribution is 0.0679. The van der Waals surface area contributed by atoms with Crippen molar-refractivity contribution >= 4 is 5.91 Å². The van der Waals surface area contributed by atoms with Gasteiger partial charge in [-0.1, -0.05) is 12.8 Å². The summed E-state index contributed by atoms with van der Waals surface area (Å²) >= 11 is 0. The molecule has 0 aliphatic heterocycles. The largest absolute Gasteiger partial charge is 0.336 e. The second kappa shape index (κ2) is 6.93. The number of benzene rings is 1. The zero-order valence-corrected chi connectivity index (χ0v) is 11.7. The third-order valence-electron chi connectivity index (χ3n) is 3.86. The first kappa shape index (κ1) is 15.8. The lowest BCUT2D eigenvalue weighted by Gasteiger charge is -2.29. The number of hydrogen-bond acceptors (Lipinski definition) is 2. The fraction of sp³-hybridized carbons (Fsp3) is 0.533. The molecule has 1 amide bonds. The van der Waals surface area contributed by atoms with Crippen LogP contribution in [-0.2, 0) is 0 Å². The number of nitrogens with two attached hydrogens (primary N) is 1. The second-order valence-electron chi connectivity index (χ2n) is 5.33. The van der Waals surface area contributed by atoms with Gasteiger partial charge in [-0.15, -0.1) is 0 Å². The highest BCUT2D eigenvalue weighted by molar-refractivity contribution is 5.94. The van der Waals surface area contributed by atoms with Crippen LogP contribution in [-0.4, -0.2) is 29.9 Å². The van der Waals surface area contributed by atoms with Gasteiger partial charge in [0.15, 0.2) is 17.5 Å². The summed E-state index contributed by atoms with van der Waals surface area (Å²) in [6.45, 7) is 0.878. The van der Waals surface area contributed by atoms with Crippen LogP contribution in [0.15, 0.2) is 12.1 Å². The molecule has 0 bridgehead atoms. The Hall–Kier alpha value is -1.56. The summed E-state index contributed by atoms with van der Waals surface area (Å²) in [5.74, 6) is -4.71. The van der Waals surface area contributed by atoms with E-state index in [4.69, 9.17) is 5.73 Å². The third kappa shape index (κ3) is 3.56. The number of carbonyl (C=O) groups is 1. The maximum atomic E-state index is 13.3. The van der Waals surface area contributed by atoms with Gasteiger partial charge in [-0.05, 0) is 37.9 Å². The van der Waals surface area contributed by atoms with E-state index in [0.29, 0.717) is 19.5 Å². The molecule has 1 aromatic rings. The van der Waals surface area contributed by atoms with Gasteiger partial charge in [-0.3, -0.25) is 4.79 Å². The highest BCUT2D eigenvalue weighted by Crippen LogP contribution is 2.26. The first-order valence-corrected chi connectivity index (χ1v) is 7.20. The van der Waals surface area contributed by atoms with E-state index >= 15 is 0 Å². The molecule has 1 aliphatic rings. The topological polar surface area (TPSA) is 46.3 Å². The first-order valence-electron chi connectivity index (χ1n) is 7.20. The van der Waals surface area contributed by atoms with Gasteiger partial charge < -0.3 is 10.6 Å². The molecule has 3 nitrogen and oxygen atoms in total. The van der Waals surface area contributed by atoms with Crippen molar-refractivity contribution in [1.29, 1.82) is 0 Å². The molecule has 2 rings (SSSR count). The monoisotopic (exact) mass is 300 g/mol. The fourth-order valence-corrected chi connectivity index (χ4v) is 2.77. The lowest BCUT2D eigenvalue weighted by Crippen LogP contribution is -2.40. The normalized spacial score (nSPS) is 15.4. The summed E-state index contributed by atoms with van der Waals surface area (Å²) in [5.41, 5.74) is 5.32. The van der Waals surface area contributed by atoms with Crippen LogP contribution >= 0.6 is 0 Å². The average molecular weight is 300 g/mol. The predicted octanol–water partition coefficient (Wildman–Crippen LogP) is 2.84. The van der Waals surface area contributed by atoms with E-state index in [-0.39, 0.29) is 11.6 Å². The van der Waals surface area contributed by atoms with Crippen LogP contribution in [0, 0.1) is 17.5 Å². The number of nitrogens with zero attached hydrogens (tertiary/aromatic N) is 1. The molecule has 6 heteroatoms. The quantitative estimate of drug-likeness (QED) is 0.850. The molecule has 0 aromatic heterocycles. The molecule has 21 heavy (non-hydrogen) atoms. The van der Waals surface area contributed by atoms with Gasteiger partial charge in [0.25, 0.3) is 5.91 Å². The maximum Gasteiger partial charge on any atom is 0.254 e. The summed E-state index contributed by atoms with van der Waals surface area (Å²) in [5, 5.41) is 0. The number of halogens is 3. The Labute approximate surface area is 121 Å². The Morgan fingerprint density at radius 2 is 1.76 bits per heavy atom. The summed E-state index contributed by atoms with van der Waals surface area (Å²) in [7, 11) is 0. The zero-order chi connectivity index (χ0) is 15.4. The molecule has 0 saturated heterocycles. The van der Waals surface area contributed by atoms with Gasteiger partial charge in [0, 0.05) is 18.2 Å². The number of carbonyl (C=O) groups excluding carboxylic acids is 1. The molecular weight excluding hydrogens is 281 g/mol. The van der Waals surface area contributed by atoms with Crippen LogP contribution in [0.25, 0.3) is 0 Å². The van der Waals surface area contributed by atoms with E-state index in [1.807, 2.05) is 0 Å². The molecule has 116 valence electrons. The predicted molar refractivity (Wildman–Crippen MR) is 73.3 cm³/mol. The van der Waals surface area contributed by atoms with E-state index in [9.17, 15) is 18.0 Å². The smallest absolute Gasteiger partial charge is 0.254 e. The standard InChI is InChI=1S/C15H19F3N2O/c16-12-8-10(9-13(17)14(12)18)15(21)20(7-3-6-19)11-4-1-2-5-11/h8-9,11H,1-7,19H2. The van der Waals surface area contributed by atoms with Crippen molar-refractivity contribution in [1.82, 2.24) is 4.90 Å². The third-order valence-corrected chi connectivity index (χ3v) is 3.86. The minimum absolute atomic E-state index is 0.0697. The molecule has 2 N–H and O–H groups in total. The fourth-order valence-electron chi connectivity index (χ4n) is 2.77. The number of amides is 1. The summed E-state index contributed by atoms with van der Waals surface area (Å²) < 4.78 is 39.6. The van der Waals surface area contributed by atoms with Crippen molar-refractivity contribution in [3.8, 4) is 0 Å². The second-order valence-corrected chi connectivity index (χ2v) is 5.33.